The lowest BCUT2D eigenvalue weighted by Gasteiger charge is -2.03. The Labute approximate surface area is 173 Å². The predicted octanol–water partition coefficient (Wildman–Crippen LogP) is 5.13. The van der Waals surface area contributed by atoms with Gasteiger partial charge in [-0.15, -0.1) is 11.8 Å². The molecule has 0 aliphatic heterocycles. The number of rotatable bonds is 8. The van der Waals surface area contributed by atoms with E-state index in [0.29, 0.717) is 19.5 Å². The van der Waals surface area contributed by atoms with Gasteiger partial charge in [0.15, 0.2) is 0 Å². The first-order valence-corrected chi connectivity index (χ1v) is 10.3. The number of nitrogens with zero attached hydrogens (tertiary/aromatic N) is 2. The molecule has 2 aromatic carbocycles. The highest BCUT2D eigenvalue weighted by Gasteiger charge is 2.06. The Morgan fingerprint density at radius 2 is 2.00 bits per heavy atom. The Hall–Kier alpha value is -2.68. The second kappa shape index (κ2) is 10.0. The molecule has 0 saturated heterocycles. The van der Waals surface area contributed by atoms with E-state index in [-0.39, 0.29) is 5.91 Å². The third kappa shape index (κ3) is 5.41. The Kier molecular flexibility index (Phi) is 7.18. The second-order valence-electron chi connectivity index (χ2n) is 6.13. The van der Waals surface area contributed by atoms with Crippen LogP contribution in [0.25, 0.3) is 17.0 Å². The number of carbonyl (C=O) groups is 1. The van der Waals surface area contributed by atoms with Crippen molar-refractivity contribution in [3.8, 4) is 6.07 Å². The van der Waals surface area contributed by atoms with Crippen LogP contribution in [0.15, 0.2) is 65.7 Å². The highest BCUT2D eigenvalue weighted by Crippen LogP contribution is 2.23. The Morgan fingerprint density at radius 1 is 1.21 bits per heavy atom. The van der Waals surface area contributed by atoms with E-state index < -0.39 is 0 Å². The molecule has 0 bridgehead atoms. The number of hydrogen-bond donors (Lipinski definition) is 1. The van der Waals surface area contributed by atoms with E-state index in [1.54, 1.807) is 17.8 Å². The molecule has 6 heteroatoms. The zero-order valence-electron chi connectivity index (χ0n) is 15.3. The minimum atomic E-state index is -0.120. The third-order valence-corrected chi connectivity index (χ3v) is 5.45. The fourth-order valence-electron chi connectivity index (χ4n) is 2.86. The molecule has 0 fully saturated rings. The number of thioether (sulfide) groups is 1. The number of carbonyl (C=O) groups excluding carboxylic acids is 1. The molecule has 0 aliphatic carbocycles. The SMILES string of the molecule is N#CCCn1cc(C=CC(=O)NCCSc2ccc(Cl)cc2)c2ccccc21. The van der Waals surface area contributed by atoms with Crippen LogP contribution in [0.4, 0.5) is 0 Å². The molecular formula is C22H20ClN3OS. The van der Waals surface area contributed by atoms with Crippen molar-refractivity contribution in [2.75, 3.05) is 12.3 Å². The highest BCUT2D eigenvalue weighted by molar-refractivity contribution is 7.99. The molecule has 0 atom stereocenters. The Morgan fingerprint density at radius 3 is 2.79 bits per heavy atom. The summed E-state index contributed by atoms with van der Waals surface area (Å²) < 4.78 is 2.05. The molecule has 4 nitrogen and oxygen atoms in total. The van der Waals surface area contributed by atoms with Gasteiger partial charge in [-0.3, -0.25) is 4.79 Å². The van der Waals surface area contributed by atoms with E-state index >= 15 is 0 Å². The minimum absolute atomic E-state index is 0.120. The average molecular weight is 410 g/mol. The first kappa shape index (κ1) is 20.1. The van der Waals surface area contributed by atoms with Gasteiger partial charge in [0, 0.05) is 57.5 Å². The summed E-state index contributed by atoms with van der Waals surface area (Å²) in [4.78, 5) is 13.2. The van der Waals surface area contributed by atoms with Crippen molar-refractivity contribution in [2.45, 2.75) is 17.9 Å². The summed E-state index contributed by atoms with van der Waals surface area (Å²) in [5, 5.41) is 13.5. The van der Waals surface area contributed by atoms with Gasteiger partial charge >= 0.3 is 0 Å². The molecule has 1 heterocycles. The van der Waals surface area contributed by atoms with Gasteiger partial charge in [0.1, 0.15) is 0 Å². The largest absolute Gasteiger partial charge is 0.352 e. The third-order valence-electron chi connectivity index (χ3n) is 4.18. The standard InChI is InChI=1S/C22H20ClN3OS/c23-18-7-9-19(10-8-18)28-15-13-25-22(27)11-6-17-16-26(14-3-12-24)21-5-2-1-4-20(17)21/h1-2,4-11,16H,3,13-15H2,(H,25,27). The van der Waals surface area contributed by atoms with E-state index in [4.69, 9.17) is 16.9 Å². The Balaban J connectivity index is 1.55. The molecule has 3 aromatic rings. The quantitative estimate of drug-likeness (QED) is 0.318. The van der Waals surface area contributed by atoms with Crippen molar-refractivity contribution in [2.24, 2.45) is 0 Å². The molecule has 1 N–H and O–H groups in total. The summed E-state index contributed by atoms with van der Waals surface area (Å²) in [6.07, 6.45) is 5.83. The zero-order valence-corrected chi connectivity index (χ0v) is 16.8. The van der Waals surface area contributed by atoms with Crippen LogP contribution < -0.4 is 5.32 Å². The Bertz CT molecular complexity index is 1020. The molecular weight excluding hydrogens is 390 g/mol. The number of para-hydroxylation sites is 1. The number of amides is 1. The van der Waals surface area contributed by atoms with Crippen molar-refractivity contribution in [1.82, 2.24) is 9.88 Å². The first-order valence-electron chi connectivity index (χ1n) is 8.96. The van der Waals surface area contributed by atoms with E-state index in [1.165, 1.54) is 0 Å². The zero-order chi connectivity index (χ0) is 19.8. The monoisotopic (exact) mass is 409 g/mol. The number of aromatic nitrogens is 1. The molecule has 0 saturated carbocycles. The molecule has 0 aliphatic rings. The number of fused-ring (bicyclic) bond motifs is 1. The summed E-state index contributed by atoms with van der Waals surface area (Å²) in [6, 6.07) is 17.8. The highest BCUT2D eigenvalue weighted by atomic mass is 35.5. The minimum Gasteiger partial charge on any atom is -0.352 e. The van der Waals surface area contributed by atoms with Crippen LogP contribution >= 0.6 is 23.4 Å². The normalized spacial score (nSPS) is 11.0. The molecule has 3 rings (SSSR count). The lowest BCUT2D eigenvalue weighted by Crippen LogP contribution is -2.23. The van der Waals surface area contributed by atoms with Crippen LogP contribution in [-0.4, -0.2) is 22.8 Å². The molecule has 142 valence electrons. The summed E-state index contributed by atoms with van der Waals surface area (Å²) in [5.41, 5.74) is 2.04. The fraction of sp³-hybridized carbons (Fsp3) is 0.182. The van der Waals surface area contributed by atoms with Crippen LogP contribution in [0, 0.1) is 11.3 Å². The number of nitrogens with one attached hydrogen (secondary N) is 1. The van der Waals surface area contributed by atoms with Crippen molar-refractivity contribution < 1.29 is 4.79 Å². The lowest BCUT2D eigenvalue weighted by atomic mass is 10.1. The molecule has 0 unspecified atom stereocenters. The molecule has 1 aromatic heterocycles. The van der Waals surface area contributed by atoms with Crippen LogP contribution in [0.1, 0.15) is 12.0 Å². The van der Waals surface area contributed by atoms with Gasteiger partial charge in [-0.25, -0.2) is 0 Å². The van der Waals surface area contributed by atoms with Crippen molar-refractivity contribution in [1.29, 1.82) is 5.26 Å². The van der Waals surface area contributed by atoms with Crippen LogP contribution in [0.2, 0.25) is 5.02 Å². The van der Waals surface area contributed by atoms with Gasteiger partial charge in [-0.05, 0) is 36.4 Å². The van der Waals surface area contributed by atoms with Crippen molar-refractivity contribution in [3.05, 3.63) is 71.4 Å². The number of hydrogen-bond acceptors (Lipinski definition) is 3. The van der Waals surface area contributed by atoms with Gasteiger partial charge in [-0.2, -0.15) is 5.26 Å². The summed E-state index contributed by atoms with van der Waals surface area (Å²) in [7, 11) is 0. The fourth-order valence-corrected chi connectivity index (χ4v) is 3.76. The van der Waals surface area contributed by atoms with Gasteiger partial charge in [0.2, 0.25) is 5.91 Å². The summed E-state index contributed by atoms with van der Waals surface area (Å²) in [6.45, 7) is 1.22. The molecule has 28 heavy (non-hydrogen) atoms. The summed E-state index contributed by atoms with van der Waals surface area (Å²) in [5.74, 6) is 0.667. The van der Waals surface area contributed by atoms with Crippen LogP contribution in [0.5, 0.6) is 0 Å². The predicted molar refractivity (Wildman–Crippen MR) is 116 cm³/mol. The van der Waals surface area contributed by atoms with E-state index in [9.17, 15) is 4.79 Å². The number of nitriles is 1. The first-order chi connectivity index (χ1) is 13.7. The van der Waals surface area contributed by atoms with Gasteiger partial charge in [-0.1, -0.05) is 29.8 Å². The van der Waals surface area contributed by atoms with E-state index in [0.717, 1.165) is 32.1 Å². The number of aryl methyl sites for hydroxylation is 1. The lowest BCUT2D eigenvalue weighted by molar-refractivity contribution is -0.116. The van der Waals surface area contributed by atoms with Crippen molar-refractivity contribution >= 4 is 46.2 Å². The van der Waals surface area contributed by atoms with Crippen LogP contribution in [-0.2, 0) is 11.3 Å². The number of halogens is 1. The van der Waals surface area contributed by atoms with Gasteiger partial charge in [0.05, 0.1) is 12.5 Å². The van der Waals surface area contributed by atoms with Gasteiger partial charge in [0.25, 0.3) is 0 Å². The average Bonchev–Trinajstić information content (AvgIpc) is 3.07. The maximum absolute atomic E-state index is 12.1. The number of benzene rings is 2. The van der Waals surface area contributed by atoms with Gasteiger partial charge < -0.3 is 9.88 Å². The second-order valence-corrected chi connectivity index (χ2v) is 7.73. The molecule has 1 amide bonds. The molecule has 0 spiro atoms. The summed E-state index contributed by atoms with van der Waals surface area (Å²) >= 11 is 7.54. The topological polar surface area (TPSA) is 57.8 Å². The van der Waals surface area contributed by atoms with Crippen LogP contribution in [0.3, 0.4) is 0 Å². The maximum Gasteiger partial charge on any atom is 0.244 e. The smallest absolute Gasteiger partial charge is 0.244 e. The van der Waals surface area contributed by atoms with E-state index in [1.807, 2.05) is 60.8 Å². The van der Waals surface area contributed by atoms with Crippen molar-refractivity contribution in [3.63, 3.8) is 0 Å². The molecule has 0 radical (unpaired) electrons. The van der Waals surface area contributed by atoms with E-state index in [2.05, 4.69) is 16.0 Å². The maximum atomic E-state index is 12.1.